The summed E-state index contributed by atoms with van der Waals surface area (Å²) in [4.78, 5) is 14.8. The largest absolute Gasteiger partial charge is 0.381 e. The summed E-state index contributed by atoms with van der Waals surface area (Å²) in [6.45, 7) is 1.68. The third-order valence-electron chi connectivity index (χ3n) is 2.43. The highest BCUT2D eigenvalue weighted by atomic mass is 32.1. The molecule has 0 spiro atoms. The van der Waals surface area contributed by atoms with Gasteiger partial charge >= 0.3 is 0 Å². The summed E-state index contributed by atoms with van der Waals surface area (Å²) in [5, 5.41) is 3.16. The summed E-state index contributed by atoms with van der Waals surface area (Å²) in [6.07, 6.45) is 3.48. The van der Waals surface area contributed by atoms with Crippen molar-refractivity contribution in [1.82, 2.24) is 4.98 Å². The molecule has 76 valence electrons. The summed E-state index contributed by atoms with van der Waals surface area (Å²) in [5.74, 6) is 0.550. The number of carbonyl (C=O) groups is 1. The van der Waals surface area contributed by atoms with Crippen LogP contribution in [0.1, 0.15) is 29.5 Å². The average molecular weight is 211 g/mol. The molecule has 0 N–H and O–H groups in total. The number of hydrogen-bond acceptors (Lipinski definition) is 4. The molecule has 4 heteroatoms. The predicted octanol–water partition coefficient (Wildman–Crippen LogP) is 1.78. The van der Waals surface area contributed by atoms with E-state index in [2.05, 4.69) is 4.98 Å². The lowest BCUT2D eigenvalue weighted by Crippen LogP contribution is -2.13. The van der Waals surface area contributed by atoms with Gasteiger partial charge in [0.15, 0.2) is 0 Å². The van der Waals surface area contributed by atoms with Gasteiger partial charge in [-0.1, -0.05) is 0 Å². The van der Waals surface area contributed by atoms with Crippen molar-refractivity contribution in [3.8, 4) is 0 Å². The molecular weight excluding hydrogens is 198 g/mol. The molecule has 1 aliphatic heterocycles. The number of nitrogens with zero attached hydrogens (tertiary/aromatic N) is 1. The minimum atomic E-state index is 0.444. The Morgan fingerprint density at radius 2 is 2.36 bits per heavy atom. The second-order valence-corrected chi connectivity index (χ2v) is 4.32. The second-order valence-electron chi connectivity index (χ2n) is 3.43. The quantitative estimate of drug-likeness (QED) is 0.715. The second kappa shape index (κ2) is 4.66. The van der Waals surface area contributed by atoms with Gasteiger partial charge in [0.2, 0.25) is 0 Å². The Balaban J connectivity index is 2.03. The van der Waals surface area contributed by atoms with E-state index in [9.17, 15) is 4.79 Å². The van der Waals surface area contributed by atoms with Crippen molar-refractivity contribution in [2.24, 2.45) is 0 Å². The number of rotatable bonds is 3. The van der Waals surface area contributed by atoms with Crippen LogP contribution in [0.25, 0.3) is 0 Å². The van der Waals surface area contributed by atoms with Crippen LogP contribution in [0.2, 0.25) is 0 Å². The molecular formula is C10H13NO2S. The van der Waals surface area contributed by atoms with Crippen LogP contribution in [-0.4, -0.2) is 24.5 Å². The standard InChI is InChI=1S/C10H13NO2S/c12-4-1-9-7-14-10(11-9)8-2-5-13-6-3-8/h4,7-8H,1-3,5-6H2. The Morgan fingerprint density at radius 3 is 3.07 bits per heavy atom. The minimum Gasteiger partial charge on any atom is -0.381 e. The van der Waals surface area contributed by atoms with E-state index >= 15 is 0 Å². The molecule has 1 aliphatic rings. The molecule has 0 unspecified atom stereocenters. The highest BCUT2D eigenvalue weighted by Gasteiger charge is 2.18. The van der Waals surface area contributed by atoms with Crippen LogP contribution in [0.4, 0.5) is 0 Å². The van der Waals surface area contributed by atoms with Gasteiger partial charge < -0.3 is 9.53 Å². The lowest BCUT2D eigenvalue weighted by Gasteiger charge is -2.19. The fourth-order valence-electron chi connectivity index (χ4n) is 1.63. The first-order chi connectivity index (χ1) is 6.90. The van der Waals surface area contributed by atoms with Gasteiger partial charge in [-0.25, -0.2) is 4.98 Å². The molecule has 0 saturated carbocycles. The van der Waals surface area contributed by atoms with E-state index in [1.165, 1.54) is 5.01 Å². The lowest BCUT2D eigenvalue weighted by atomic mass is 10.0. The van der Waals surface area contributed by atoms with Crippen LogP contribution in [0.15, 0.2) is 5.38 Å². The number of ether oxygens (including phenoxy) is 1. The van der Waals surface area contributed by atoms with Crippen molar-refractivity contribution >= 4 is 17.6 Å². The van der Waals surface area contributed by atoms with Gasteiger partial charge in [-0.2, -0.15) is 0 Å². The van der Waals surface area contributed by atoms with Crippen LogP contribution in [0, 0.1) is 0 Å². The van der Waals surface area contributed by atoms with Crippen molar-refractivity contribution in [1.29, 1.82) is 0 Å². The molecule has 0 bridgehead atoms. The summed E-state index contributed by atoms with van der Waals surface area (Å²) in [7, 11) is 0. The van der Waals surface area contributed by atoms with Crippen molar-refractivity contribution in [2.75, 3.05) is 13.2 Å². The maximum Gasteiger partial charge on any atom is 0.125 e. The third kappa shape index (κ3) is 2.19. The lowest BCUT2D eigenvalue weighted by molar-refractivity contribution is -0.107. The fraction of sp³-hybridized carbons (Fsp3) is 0.600. The normalized spacial score (nSPS) is 18.3. The number of thiazole rings is 1. The molecule has 1 aromatic heterocycles. The Bertz CT molecular complexity index is 305. The van der Waals surface area contributed by atoms with Crippen molar-refractivity contribution in [3.63, 3.8) is 0 Å². The topological polar surface area (TPSA) is 39.2 Å². The Labute approximate surface area is 87.1 Å². The molecule has 0 amide bonds. The van der Waals surface area contributed by atoms with E-state index < -0.39 is 0 Å². The molecule has 0 aliphatic carbocycles. The minimum absolute atomic E-state index is 0.444. The zero-order valence-electron chi connectivity index (χ0n) is 7.94. The monoisotopic (exact) mass is 211 g/mol. The van der Waals surface area contributed by atoms with Gasteiger partial charge in [0, 0.05) is 30.9 Å². The Kier molecular flexibility index (Phi) is 3.26. The van der Waals surface area contributed by atoms with Crippen molar-refractivity contribution in [2.45, 2.75) is 25.2 Å². The number of hydrogen-bond donors (Lipinski definition) is 0. The maximum absolute atomic E-state index is 10.3. The number of aldehydes is 1. The molecule has 1 fully saturated rings. The molecule has 1 aromatic rings. The van der Waals surface area contributed by atoms with Gasteiger partial charge in [0.25, 0.3) is 0 Å². The number of carbonyl (C=O) groups excluding carboxylic acids is 1. The van der Waals surface area contributed by atoms with Crippen LogP contribution in [0.3, 0.4) is 0 Å². The van der Waals surface area contributed by atoms with E-state index in [4.69, 9.17) is 4.74 Å². The zero-order chi connectivity index (χ0) is 9.80. The van der Waals surface area contributed by atoms with Crippen molar-refractivity contribution in [3.05, 3.63) is 16.1 Å². The first kappa shape index (κ1) is 9.80. The van der Waals surface area contributed by atoms with Crippen LogP contribution < -0.4 is 0 Å². The highest BCUT2D eigenvalue weighted by Crippen LogP contribution is 2.29. The number of aromatic nitrogens is 1. The van der Waals surface area contributed by atoms with Crippen LogP contribution in [-0.2, 0) is 16.0 Å². The molecule has 2 rings (SSSR count). The predicted molar refractivity (Wildman–Crippen MR) is 54.7 cm³/mol. The van der Waals surface area contributed by atoms with Gasteiger partial charge in [-0.3, -0.25) is 0 Å². The van der Waals surface area contributed by atoms with Crippen molar-refractivity contribution < 1.29 is 9.53 Å². The fourth-order valence-corrected chi connectivity index (χ4v) is 2.64. The Hall–Kier alpha value is -0.740. The molecule has 3 nitrogen and oxygen atoms in total. The molecule has 0 aromatic carbocycles. The highest BCUT2D eigenvalue weighted by molar-refractivity contribution is 7.09. The van der Waals surface area contributed by atoms with Gasteiger partial charge in [0.05, 0.1) is 10.7 Å². The SMILES string of the molecule is O=CCc1csc(C2CCOCC2)n1. The van der Waals surface area contributed by atoms with E-state index in [0.29, 0.717) is 12.3 Å². The van der Waals surface area contributed by atoms with E-state index in [1.54, 1.807) is 11.3 Å². The average Bonchev–Trinajstić information content (AvgIpc) is 2.68. The van der Waals surface area contributed by atoms with Gasteiger partial charge in [-0.15, -0.1) is 11.3 Å². The molecule has 0 atom stereocenters. The van der Waals surface area contributed by atoms with E-state index in [0.717, 1.165) is 38.0 Å². The van der Waals surface area contributed by atoms with Crippen LogP contribution in [0.5, 0.6) is 0 Å². The molecule has 2 heterocycles. The third-order valence-corrected chi connectivity index (χ3v) is 3.49. The Morgan fingerprint density at radius 1 is 1.57 bits per heavy atom. The summed E-state index contributed by atoms with van der Waals surface area (Å²) < 4.78 is 5.30. The zero-order valence-corrected chi connectivity index (χ0v) is 8.76. The summed E-state index contributed by atoms with van der Waals surface area (Å²) in [6, 6.07) is 0. The molecule has 0 radical (unpaired) electrons. The maximum atomic E-state index is 10.3. The van der Waals surface area contributed by atoms with Gasteiger partial charge in [-0.05, 0) is 12.8 Å². The summed E-state index contributed by atoms with van der Waals surface area (Å²) in [5.41, 5.74) is 0.909. The summed E-state index contributed by atoms with van der Waals surface area (Å²) >= 11 is 1.67. The molecule has 14 heavy (non-hydrogen) atoms. The first-order valence-corrected chi connectivity index (χ1v) is 5.74. The van der Waals surface area contributed by atoms with E-state index in [-0.39, 0.29) is 0 Å². The smallest absolute Gasteiger partial charge is 0.125 e. The van der Waals surface area contributed by atoms with Crippen LogP contribution >= 0.6 is 11.3 Å². The van der Waals surface area contributed by atoms with E-state index in [1.807, 2.05) is 5.38 Å². The van der Waals surface area contributed by atoms with Gasteiger partial charge in [0.1, 0.15) is 6.29 Å². The molecule has 1 saturated heterocycles. The first-order valence-electron chi connectivity index (χ1n) is 4.86.